The lowest BCUT2D eigenvalue weighted by Gasteiger charge is -2.48. The van der Waals surface area contributed by atoms with Crippen LogP contribution in [0.1, 0.15) is 83.6 Å². The molecule has 2 aliphatic heterocycles. The van der Waals surface area contributed by atoms with Gasteiger partial charge in [-0.15, -0.1) is 11.3 Å². The maximum Gasteiger partial charge on any atom is 0.346 e. The first-order valence-corrected chi connectivity index (χ1v) is 16.7. The van der Waals surface area contributed by atoms with Crippen LogP contribution in [0.3, 0.4) is 0 Å². The average molecular weight is 601 g/mol. The second kappa shape index (κ2) is 8.94. The minimum absolute atomic E-state index is 0.0446. The van der Waals surface area contributed by atoms with Crippen molar-refractivity contribution in [3.05, 3.63) is 81.2 Å². The molecule has 0 fully saturated rings. The molecule has 224 valence electrons. The van der Waals surface area contributed by atoms with Gasteiger partial charge in [0.2, 0.25) is 0 Å². The Morgan fingerprint density at radius 3 is 2.30 bits per heavy atom. The van der Waals surface area contributed by atoms with Crippen molar-refractivity contribution in [1.29, 1.82) is 0 Å². The summed E-state index contributed by atoms with van der Waals surface area (Å²) in [5, 5.41) is 6.51. The Morgan fingerprint density at radius 1 is 0.864 bits per heavy atom. The second-order valence-corrected chi connectivity index (χ2v) is 16.4. The summed E-state index contributed by atoms with van der Waals surface area (Å²) in [4.78, 5) is 21.8. The largest absolute Gasteiger partial charge is 0.422 e. The van der Waals surface area contributed by atoms with E-state index in [2.05, 4.69) is 109 Å². The van der Waals surface area contributed by atoms with E-state index >= 15 is 0 Å². The number of thiazole rings is 1. The van der Waals surface area contributed by atoms with Crippen molar-refractivity contribution in [2.75, 3.05) is 18.0 Å². The van der Waals surface area contributed by atoms with Crippen molar-refractivity contribution in [3.8, 4) is 10.6 Å². The quantitative estimate of drug-likeness (QED) is 0.139. The molecule has 4 nitrogen and oxygen atoms in total. The molecule has 0 bridgehead atoms. The lowest BCUT2D eigenvalue weighted by atomic mass is 9.69. The summed E-state index contributed by atoms with van der Waals surface area (Å²) in [5.41, 5.74) is 8.16. The number of aromatic nitrogens is 1. The fourth-order valence-electron chi connectivity index (χ4n) is 7.76. The summed E-state index contributed by atoms with van der Waals surface area (Å²) in [6.07, 6.45) is 2.15. The summed E-state index contributed by atoms with van der Waals surface area (Å²) >= 11 is 1.62. The number of fused-ring (bicyclic) bond motifs is 8. The molecule has 0 spiro atoms. The summed E-state index contributed by atoms with van der Waals surface area (Å²) in [6.45, 7) is 20.3. The molecule has 2 aliphatic rings. The van der Waals surface area contributed by atoms with Crippen LogP contribution in [0.25, 0.3) is 53.3 Å². The Hall–Kier alpha value is -3.70. The topological polar surface area (TPSA) is 46.3 Å². The Bertz CT molecular complexity index is 2260. The van der Waals surface area contributed by atoms with Gasteiger partial charge in [-0.3, -0.25) is 0 Å². The van der Waals surface area contributed by atoms with Crippen LogP contribution in [0.5, 0.6) is 0 Å². The van der Waals surface area contributed by atoms with E-state index in [-0.39, 0.29) is 21.9 Å². The molecule has 4 aromatic carbocycles. The number of rotatable bonds is 1. The van der Waals surface area contributed by atoms with E-state index < -0.39 is 0 Å². The minimum Gasteiger partial charge on any atom is -0.422 e. The van der Waals surface area contributed by atoms with E-state index in [9.17, 15) is 4.79 Å². The SMILES string of the molecule is Cc1c(-c2nc3c4ccccc4c4cc(C(C)(C)C)ccc4c3s2)c(=O)oc2c3c4c(cc12)C(C)(C)CCN4CCC3(C)C. The van der Waals surface area contributed by atoms with Gasteiger partial charge in [0.1, 0.15) is 10.6 Å². The molecule has 8 rings (SSSR count). The van der Waals surface area contributed by atoms with E-state index in [1.807, 2.05) is 0 Å². The molecular weight excluding hydrogens is 561 g/mol. The smallest absolute Gasteiger partial charge is 0.346 e. The van der Waals surface area contributed by atoms with Gasteiger partial charge in [0.15, 0.2) is 0 Å². The highest BCUT2D eigenvalue weighted by atomic mass is 32.1. The van der Waals surface area contributed by atoms with E-state index in [0.29, 0.717) is 5.56 Å². The van der Waals surface area contributed by atoms with Crippen molar-refractivity contribution in [3.63, 3.8) is 0 Å². The summed E-state index contributed by atoms with van der Waals surface area (Å²) in [7, 11) is 0. The van der Waals surface area contributed by atoms with Gasteiger partial charge in [-0.25, -0.2) is 9.78 Å². The Labute approximate surface area is 262 Å². The van der Waals surface area contributed by atoms with Crippen molar-refractivity contribution in [1.82, 2.24) is 4.98 Å². The fourth-order valence-corrected chi connectivity index (χ4v) is 8.97. The third-order valence-electron chi connectivity index (χ3n) is 10.6. The maximum absolute atomic E-state index is 14.1. The third kappa shape index (κ3) is 3.81. The molecule has 44 heavy (non-hydrogen) atoms. The molecule has 2 aromatic heterocycles. The van der Waals surface area contributed by atoms with Gasteiger partial charge in [0.05, 0.1) is 15.8 Å². The molecular formula is C39H40N2O2S. The summed E-state index contributed by atoms with van der Waals surface area (Å²) in [5.74, 6) is 0. The van der Waals surface area contributed by atoms with E-state index in [0.717, 1.165) is 63.1 Å². The molecule has 0 N–H and O–H groups in total. The molecule has 5 heteroatoms. The number of hydrogen-bond acceptors (Lipinski definition) is 5. The molecule has 4 heterocycles. The van der Waals surface area contributed by atoms with E-state index in [1.54, 1.807) is 11.3 Å². The van der Waals surface area contributed by atoms with Gasteiger partial charge in [0, 0.05) is 40.5 Å². The minimum atomic E-state index is -0.295. The van der Waals surface area contributed by atoms with Gasteiger partial charge >= 0.3 is 5.63 Å². The molecule has 6 aromatic rings. The van der Waals surface area contributed by atoms with Gasteiger partial charge < -0.3 is 9.32 Å². The number of hydrogen-bond donors (Lipinski definition) is 0. The first-order chi connectivity index (χ1) is 20.8. The van der Waals surface area contributed by atoms with Crippen LogP contribution < -0.4 is 10.5 Å². The highest BCUT2D eigenvalue weighted by Crippen LogP contribution is 2.52. The summed E-state index contributed by atoms with van der Waals surface area (Å²) < 4.78 is 7.53. The number of aryl methyl sites for hydroxylation is 1. The van der Waals surface area contributed by atoms with E-state index in [4.69, 9.17) is 9.40 Å². The van der Waals surface area contributed by atoms with Crippen LogP contribution in [0.2, 0.25) is 0 Å². The van der Waals surface area contributed by atoms with Crippen molar-refractivity contribution in [2.24, 2.45) is 0 Å². The van der Waals surface area contributed by atoms with Gasteiger partial charge in [0.25, 0.3) is 0 Å². The predicted molar refractivity (Wildman–Crippen MR) is 187 cm³/mol. The molecule has 0 radical (unpaired) electrons. The second-order valence-electron chi connectivity index (χ2n) is 15.4. The average Bonchev–Trinajstić information content (AvgIpc) is 3.40. The van der Waals surface area contributed by atoms with Crippen molar-refractivity contribution in [2.45, 2.75) is 84.5 Å². The number of anilines is 1. The lowest BCUT2D eigenvalue weighted by Crippen LogP contribution is -2.44. The van der Waals surface area contributed by atoms with Gasteiger partial charge in [-0.05, 0) is 75.6 Å². The zero-order chi connectivity index (χ0) is 30.9. The van der Waals surface area contributed by atoms with Crippen LogP contribution in [0.4, 0.5) is 5.69 Å². The summed E-state index contributed by atoms with van der Waals surface area (Å²) in [6, 6.07) is 17.7. The highest BCUT2D eigenvalue weighted by molar-refractivity contribution is 7.22. The zero-order valence-electron chi connectivity index (χ0n) is 27.1. The normalized spacial score (nSPS) is 17.6. The zero-order valence-corrected chi connectivity index (χ0v) is 27.9. The fraction of sp³-hybridized carbons (Fsp3) is 0.385. The molecule has 0 saturated heterocycles. The third-order valence-corrected chi connectivity index (χ3v) is 11.7. The van der Waals surface area contributed by atoms with E-state index in [1.165, 1.54) is 38.5 Å². The van der Waals surface area contributed by atoms with Crippen molar-refractivity contribution < 1.29 is 4.42 Å². The Morgan fingerprint density at radius 2 is 1.57 bits per heavy atom. The molecule has 0 saturated carbocycles. The first-order valence-electron chi connectivity index (χ1n) is 15.9. The molecule has 0 aliphatic carbocycles. The molecule has 0 atom stereocenters. The lowest BCUT2D eigenvalue weighted by molar-refractivity contribution is 0.398. The standard InChI is InChI=1S/C39H40N2O2S/c1-21-26-20-28-32-30(39(7,8)16-18-41(32)17-15-38(28,5)6)33(26)43-36(42)29(21)35-40-31-24-12-10-9-11-23(24)27-19-22(37(2,3)4)13-14-25(27)34(31)44-35/h9-14,19-20H,15-18H2,1-8H3. The van der Waals surface area contributed by atoms with Crippen LogP contribution in [0, 0.1) is 6.92 Å². The monoisotopic (exact) mass is 600 g/mol. The Kier molecular flexibility index (Phi) is 5.65. The van der Waals surface area contributed by atoms with Crippen molar-refractivity contribution >= 4 is 59.8 Å². The highest BCUT2D eigenvalue weighted by Gasteiger charge is 2.42. The maximum atomic E-state index is 14.1. The Balaban J connectivity index is 1.44. The first kappa shape index (κ1) is 27.8. The van der Waals surface area contributed by atoms with Gasteiger partial charge in [-0.2, -0.15) is 0 Å². The van der Waals surface area contributed by atoms with Crippen LogP contribution in [-0.4, -0.2) is 18.1 Å². The van der Waals surface area contributed by atoms with Gasteiger partial charge in [-0.1, -0.05) is 84.9 Å². The number of benzene rings is 4. The van der Waals surface area contributed by atoms with Crippen LogP contribution in [-0.2, 0) is 16.2 Å². The van der Waals surface area contributed by atoms with Crippen LogP contribution in [0.15, 0.2) is 57.7 Å². The van der Waals surface area contributed by atoms with Crippen LogP contribution >= 0.6 is 11.3 Å². The molecule has 0 amide bonds. The predicted octanol–water partition coefficient (Wildman–Crippen LogP) is 10.2. The molecule has 0 unspecified atom stereocenters. The number of nitrogens with zero attached hydrogens (tertiary/aromatic N) is 2.